The predicted molar refractivity (Wildman–Crippen MR) is 535 cm³/mol. The minimum atomic E-state index is -1.40. The lowest BCUT2D eigenvalue weighted by Crippen LogP contribution is -2.52. The third kappa shape index (κ3) is 16.5. The number of imidazole rings is 1. The van der Waals surface area contributed by atoms with Crippen molar-refractivity contribution < 1.29 is 76.5 Å². The summed E-state index contributed by atoms with van der Waals surface area (Å²) in [6, 6.07) is 73.6. The molecule has 0 aliphatic carbocycles. The van der Waals surface area contributed by atoms with Gasteiger partial charge < -0.3 is 68.8 Å². The molecule has 8 aliphatic rings. The van der Waals surface area contributed by atoms with Crippen LogP contribution in [0.1, 0.15) is 97.3 Å². The Morgan fingerprint density at radius 3 is 1.01 bits per heavy atom. The second kappa shape index (κ2) is 36.3. The molecule has 0 saturated carbocycles. The van der Waals surface area contributed by atoms with Crippen molar-refractivity contribution in [3.05, 3.63) is 346 Å². The number of hydrogen-bond acceptors (Lipinski definition) is 19. The molecule has 13 heterocycles. The van der Waals surface area contributed by atoms with E-state index in [1.165, 1.54) is 0 Å². The highest BCUT2D eigenvalue weighted by Crippen LogP contribution is 2.42. The molecule has 16 aromatic rings. The zero-order chi connectivity index (χ0) is 101. The second-order valence-electron chi connectivity index (χ2n) is 37.0. The highest BCUT2D eigenvalue weighted by Gasteiger charge is 2.55. The molecule has 4 saturated heterocycles. The fourth-order valence-corrected chi connectivity index (χ4v) is 20.6. The first-order valence-electron chi connectivity index (χ1n) is 46.6. The standard InChI is InChI=1S/2C28H25N5O4.C28H24N4O4.C26H21N5O4/c1-16-22-12-18(7-11-24(22)31-32(16)2)17-4-8-20(9-5-17)28(26(35)29-27(36)30-28)15-33-14-19-6-10-21(37-3)13-23(19)25(33)34;1-16-22-12-18(7-11-24(22)32(2)31-16)17-4-8-20(9-5-17)28(26(35)29-27(36)30-28)15-33-14-19-6-10-21(37-3)13-23(19)25(33)34;1-31-12-11-19-13-18(6-10-24(19)31)17-3-7-21(8-4-17)28(26(34)29-27(35)30-28)16-32-15-20-5-9-22(36-2)14-23(20)25(32)33;1-35-20-8-4-18-14-31(23(32)21(18)12-20)15-26(24(33)28-25(34)29-26)19-6-2-16(3-7-19)17-5-9-22-27-10-11-30(22)13-17/h2*4-13H,14-15H2,1-3H3,(H2,29,30,35,36);3-14H,15-16H2,1-2H3,(H2,29,30,34,35);2-13H,14-15H2,1H3,(H2,28,29,33,34)/t3*28-;26-/m0000/s1. The second-order valence-corrected chi connectivity index (χ2v) is 37.0. The van der Waals surface area contributed by atoms with Crippen LogP contribution >= 0.6 is 0 Å². The van der Waals surface area contributed by atoms with E-state index in [2.05, 4.69) is 98.7 Å². The molecular formula is C110H95N19O16. The van der Waals surface area contributed by atoms with Crippen molar-refractivity contribution in [2.24, 2.45) is 21.1 Å². The van der Waals surface area contributed by atoms with Crippen molar-refractivity contribution in [2.45, 2.75) is 62.2 Å². The van der Waals surface area contributed by atoms with E-state index in [4.69, 9.17) is 18.9 Å². The van der Waals surface area contributed by atoms with Crippen molar-refractivity contribution >= 4 is 110 Å². The maximum Gasteiger partial charge on any atom is 0.322 e. The molecule has 24 rings (SSSR count). The molecular weight excluding hydrogens is 1840 g/mol. The number of ether oxygens (including phenoxy) is 4. The van der Waals surface area contributed by atoms with Crippen molar-refractivity contribution in [1.82, 2.24) is 95.6 Å². The lowest BCUT2D eigenvalue weighted by molar-refractivity contribution is -0.125. The molecule has 0 bridgehead atoms. The van der Waals surface area contributed by atoms with Crippen molar-refractivity contribution in [3.63, 3.8) is 0 Å². The number of benzene rings is 11. The van der Waals surface area contributed by atoms with Gasteiger partial charge in [-0.15, -0.1) is 0 Å². The minimum absolute atomic E-state index is 0.000583. The highest BCUT2D eigenvalue weighted by atomic mass is 16.5. The lowest BCUT2D eigenvalue weighted by atomic mass is 9.88. The number of amides is 16. The van der Waals surface area contributed by atoms with Crippen LogP contribution in [0.5, 0.6) is 23.0 Å². The van der Waals surface area contributed by atoms with Crippen molar-refractivity contribution in [3.8, 4) is 67.5 Å². The van der Waals surface area contributed by atoms with Crippen LogP contribution in [0.2, 0.25) is 0 Å². The molecule has 0 spiro atoms. The van der Waals surface area contributed by atoms with Gasteiger partial charge in [-0.2, -0.15) is 10.2 Å². The number of methoxy groups -OCH3 is 4. The van der Waals surface area contributed by atoms with Gasteiger partial charge in [0.25, 0.3) is 47.3 Å². The largest absolute Gasteiger partial charge is 0.497 e. The SMILES string of the molecule is COc1ccc2c(c1)C(=O)N(C[C@@]1(c3ccc(-c4ccc5c(c4)c(C)nn5C)cc3)NC(=O)NC1=O)C2.COc1ccc2c(c1)C(=O)N(C[C@@]1(c3ccc(-c4ccc5c(ccn5C)c4)cc3)NC(=O)NC1=O)C2.COc1ccc2c(c1)C(=O)N(C[C@@]1(c3ccc(-c4ccc5nccn5c4)cc3)NC(=O)NC1=O)C2.COc1ccc2c(c1)C(=O)N(C[C@@]1(c3ccc(-c4ccc5nn(C)c(C)c5c4)cc3)NC(=O)NC1=O)C2. The van der Waals surface area contributed by atoms with Gasteiger partial charge in [-0.1, -0.05) is 140 Å². The van der Waals surface area contributed by atoms with Crippen molar-refractivity contribution in [1.29, 1.82) is 0 Å². The summed E-state index contributed by atoms with van der Waals surface area (Å²) < 4.78 is 28.7. The van der Waals surface area contributed by atoms with E-state index in [1.807, 2.05) is 225 Å². The molecule has 0 radical (unpaired) electrons. The van der Waals surface area contributed by atoms with Crippen molar-refractivity contribution in [2.75, 3.05) is 54.6 Å². The quantitative estimate of drug-likeness (QED) is 0.0329. The van der Waals surface area contributed by atoms with E-state index in [9.17, 15) is 57.5 Å². The first-order chi connectivity index (χ1) is 69.9. The monoisotopic (exact) mass is 1940 g/mol. The number of imide groups is 4. The molecule has 35 nitrogen and oxygen atoms in total. The van der Waals surface area contributed by atoms with Gasteiger partial charge in [0.1, 0.15) is 28.6 Å². The third-order valence-corrected chi connectivity index (χ3v) is 28.5. The molecule has 11 aromatic carbocycles. The molecule has 5 aromatic heterocycles. The summed E-state index contributed by atoms with van der Waals surface area (Å²) in [5.74, 6) is -0.418. The van der Waals surface area contributed by atoms with Crippen LogP contribution in [0.25, 0.3) is 82.9 Å². The van der Waals surface area contributed by atoms with E-state index in [-0.39, 0.29) is 49.8 Å². The third-order valence-electron chi connectivity index (χ3n) is 28.5. The van der Waals surface area contributed by atoms with E-state index >= 15 is 0 Å². The number of carbonyl (C=O) groups is 12. The topological polar surface area (TPSA) is 409 Å². The minimum Gasteiger partial charge on any atom is -0.497 e. The summed E-state index contributed by atoms with van der Waals surface area (Å²) >= 11 is 0. The fourth-order valence-electron chi connectivity index (χ4n) is 20.6. The molecule has 16 amide bonds. The molecule has 8 aliphatic heterocycles. The first-order valence-corrected chi connectivity index (χ1v) is 46.6. The summed E-state index contributed by atoms with van der Waals surface area (Å²) in [6.45, 7) is 5.38. The van der Waals surface area contributed by atoms with E-state index < -0.39 is 69.9 Å². The molecule has 4 atom stereocenters. The Hall–Kier alpha value is -18.6. The fraction of sp³-hybridized carbons (Fsp3) is 0.191. The number of hydrogen-bond donors (Lipinski definition) is 8. The van der Waals surface area contributed by atoms with Gasteiger partial charge in [-0.3, -0.25) is 69.0 Å². The molecule has 35 heteroatoms. The van der Waals surface area contributed by atoms with Gasteiger partial charge in [0, 0.05) is 122 Å². The number of carbonyl (C=O) groups excluding carboxylic acids is 12. The van der Waals surface area contributed by atoms with E-state index in [0.717, 1.165) is 117 Å². The van der Waals surface area contributed by atoms with Crippen LogP contribution in [-0.4, -0.2) is 179 Å². The summed E-state index contributed by atoms with van der Waals surface area (Å²) in [5.41, 5.74) is 16.3. The first kappa shape index (κ1) is 92.8. The van der Waals surface area contributed by atoms with E-state index in [1.54, 1.807) is 103 Å². The number of aryl methyl sites for hydroxylation is 5. The normalized spacial score (nSPS) is 18.9. The average molecular weight is 1940 g/mol. The number of nitrogens with zero attached hydrogens (tertiary/aromatic N) is 11. The van der Waals surface area contributed by atoms with Crippen LogP contribution in [0.3, 0.4) is 0 Å². The van der Waals surface area contributed by atoms with E-state index in [0.29, 0.717) is 93.7 Å². The number of fused-ring (bicyclic) bond motifs is 8. The van der Waals surface area contributed by atoms with Crippen LogP contribution in [0.15, 0.2) is 267 Å². The van der Waals surface area contributed by atoms with Gasteiger partial charge in [-0.25, -0.2) is 24.2 Å². The Kier molecular flexibility index (Phi) is 23.2. The smallest absolute Gasteiger partial charge is 0.322 e. The molecule has 726 valence electrons. The maximum absolute atomic E-state index is 13.2. The van der Waals surface area contributed by atoms with Crippen LogP contribution in [0, 0.1) is 13.8 Å². The maximum atomic E-state index is 13.2. The zero-order valence-corrected chi connectivity index (χ0v) is 80.0. The molecule has 4 fully saturated rings. The Morgan fingerprint density at radius 1 is 0.324 bits per heavy atom. The number of urea groups is 4. The summed E-state index contributed by atoms with van der Waals surface area (Å²) in [5, 5.41) is 32.9. The Morgan fingerprint density at radius 2 is 0.655 bits per heavy atom. The van der Waals surface area contributed by atoms with Gasteiger partial charge in [-0.05, 0) is 206 Å². The van der Waals surface area contributed by atoms with Crippen LogP contribution in [-0.2, 0) is 88.7 Å². The Balaban J connectivity index is 0.000000114. The highest BCUT2D eigenvalue weighted by molar-refractivity contribution is 6.12. The predicted octanol–water partition coefficient (Wildman–Crippen LogP) is 12.7. The van der Waals surface area contributed by atoms with Gasteiger partial charge >= 0.3 is 24.1 Å². The summed E-state index contributed by atoms with van der Waals surface area (Å²) in [7, 11) is 12.0. The Labute approximate surface area is 828 Å². The zero-order valence-electron chi connectivity index (χ0n) is 80.0. The molecule has 145 heavy (non-hydrogen) atoms. The summed E-state index contributed by atoms with van der Waals surface area (Å²) in [4.78, 5) is 165. The van der Waals surface area contributed by atoms with Crippen LogP contribution < -0.4 is 61.5 Å². The number of rotatable bonds is 20. The van der Waals surface area contributed by atoms with Gasteiger partial charge in [0.05, 0.1) is 71.3 Å². The summed E-state index contributed by atoms with van der Waals surface area (Å²) in [6.07, 6.45) is 7.62. The molecule has 0 unspecified atom stereocenters. The number of aromatic nitrogens is 7. The average Bonchev–Trinajstić information content (AvgIpc) is 1.56. The molecule has 8 N–H and O–H groups in total. The Bertz CT molecular complexity index is 8010. The number of nitrogens with one attached hydrogen (secondary N) is 8. The van der Waals surface area contributed by atoms with Crippen LogP contribution in [0.4, 0.5) is 19.2 Å². The van der Waals surface area contributed by atoms with Gasteiger partial charge in [0.15, 0.2) is 22.2 Å². The van der Waals surface area contributed by atoms with Gasteiger partial charge in [0.2, 0.25) is 0 Å². The number of pyridine rings is 1. The lowest BCUT2D eigenvalue weighted by Gasteiger charge is -2.31.